The lowest BCUT2D eigenvalue weighted by Crippen LogP contribution is -2.15. The third-order valence-electron chi connectivity index (χ3n) is 3.18. The van der Waals surface area contributed by atoms with E-state index in [0.29, 0.717) is 24.0 Å². The van der Waals surface area contributed by atoms with Crippen molar-refractivity contribution in [3.8, 4) is 5.75 Å². The number of aromatic nitrogens is 3. The maximum Gasteiger partial charge on any atom is 0.234 e. The molecular weight excluding hydrogens is 312 g/mol. The summed E-state index contributed by atoms with van der Waals surface area (Å²) in [5, 5.41) is 11.9. The van der Waals surface area contributed by atoms with Gasteiger partial charge in [0.25, 0.3) is 0 Å². The van der Waals surface area contributed by atoms with Crippen molar-refractivity contribution >= 4 is 23.4 Å². The van der Waals surface area contributed by atoms with E-state index in [-0.39, 0.29) is 11.7 Å². The second-order valence-corrected chi connectivity index (χ2v) is 6.26. The molecule has 6 nitrogen and oxygen atoms in total. The van der Waals surface area contributed by atoms with E-state index >= 15 is 0 Å². The molecule has 1 amide bonds. The number of hydrogen-bond donors (Lipinski definition) is 1. The van der Waals surface area contributed by atoms with Crippen molar-refractivity contribution in [3.05, 3.63) is 30.1 Å². The Morgan fingerprint density at radius 1 is 1.35 bits per heavy atom. The number of para-hydroxylation sites is 2. The number of thioether (sulfide) groups is 1. The number of ether oxygens (including phenoxy) is 1. The standard InChI is InChI=1S/C16H22N4O2S/c1-5-22-13-9-7-6-8-12(13)17-14(21)10-23-16-19-18-15(11(2)3)20(16)4/h6-9,11H,5,10H2,1-4H3,(H,17,21). The largest absolute Gasteiger partial charge is 0.492 e. The van der Waals surface area contributed by atoms with Crippen molar-refractivity contribution in [1.29, 1.82) is 0 Å². The van der Waals surface area contributed by atoms with Crippen molar-refractivity contribution < 1.29 is 9.53 Å². The molecule has 2 aromatic rings. The third kappa shape index (κ3) is 4.48. The molecule has 1 N–H and O–H groups in total. The molecule has 0 unspecified atom stereocenters. The zero-order chi connectivity index (χ0) is 16.8. The second kappa shape index (κ2) is 8.01. The molecule has 0 bridgehead atoms. The lowest BCUT2D eigenvalue weighted by atomic mass is 10.2. The Morgan fingerprint density at radius 2 is 2.09 bits per heavy atom. The monoisotopic (exact) mass is 334 g/mol. The normalized spacial score (nSPS) is 10.8. The molecule has 0 atom stereocenters. The number of carbonyl (C=O) groups is 1. The van der Waals surface area contributed by atoms with Gasteiger partial charge in [0.05, 0.1) is 18.0 Å². The molecule has 0 spiro atoms. The van der Waals surface area contributed by atoms with E-state index in [1.54, 1.807) is 0 Å². The highest BCUT2D eigenvalue weighted by Gasteiger charge is 2.14. The molecular formula is C16H22N4O2S. The van der Waals surface area contributed by atoms with Gasteiger partial charge in [-0.25, -0.2) is 0 Å². The highest BCUT2D eigenvalue weighted by atomic mass is 32.2. The minimum absolute atomic E-state index is 0.101. The molecule has 0 saturated carbocycles. The molecule has 0 fully saturated rings. The molecule has 0 aliphatic carbocycles. The number of rotatable bonds is 7. The average Bonchev–Trinajstić information content (AvgIpc) is 2.88. The van der Waals surface area contributed by atoms with Crippen LogP contribution in [0.1, 0.15) is 32.5 Å². The molecule has 7 heteroatoms. The molecule has 0 radical (unpaired) electrons. The Labute approximate surface area is 140 Å². The van der Waals surface area contributed by atoms with Crippen molar-refractivity contribution in [2.45, 2.75) is 31.8 Å². The fourth-order valence-electron chi connectivity index (χ4n) is 2.12. The van der Waals surface area contributed by atoms with E-state index in [0.717, 1.165) is 11.0 Å². The van der Waals surface area contributed by atoms with Gasteiger partial charge in [-0.2, -0.15) is 0 Å². The maximum absolute atomic E-state index is 12.1. The van der Waals surface area contributed by atoms with E-state index in [4.69, 9.17) is 4.74 Å². The lowest BCUT2D eigenvalue weighted by molar-refractivity contribution is -0.113. The van der Waals surface area contributed by atoms with Crippen LogP contribution in [0.25, 0.3) is 0 Å². The predicted molar refractivity (Wildman–Crippen MR) is 92.1 cm³/mol. The lowest BCUT2D eigenvalue weighted by Gasteiger charge is -2.11. The summed E-state index contributed by atoms with van der Waals surface area (Å²) < 4.78 is 7.43. The molecule has 1 aromatic heterocycles. The van der Waals surface area contributed by atoms with Crippen LogP contribution < -0.4 is 10.1 Å². The van der Waals surface area contributed by atoms with Crippen LogP contribution in [0.2, 0.25) is 0 Å². The molecule has 0 saturated heterocycles. The van der Waals surface area contributed by atoms with Gasteiger partial charge in [-0.15, -0.1) is 10.2 Å². The maximum atomic E-state index is 12.1. The van der Waals surface area contributed by atoms with Crippen LogP contribution in [0.15, 0.2) is 29.4 Å². The van der Waals surface area contributed by atoms with Gasteiger partial charge in [0.15, 0.2) is 5.16 Å². The number of nitrogens with one attached hydrogen (secondary N) is 1. The first-order valence-electron chi connectivity index (χ1n) is 7.56. The van der Waals surface area contributed by atoms with E-state index < -0.39 is 0 Å². The fraction of sp³-hybridized carbons (Fsp3) is 0.438. The van der Waals surface area contributed by atoms with Crippen LogP contribution >= 0.6 is 11.8 Å². The first-order chi connectivity index (χ1) is 11.0. The van der Waals surface area contributed by atoms with Crippen LogP contribution in [0, 0.1) is 0 Å². The number of nitrogens with zero attached hydrogens (tertiary/aromatic N) is 3. The van der Waals surface area contributed by atoms with Crippen LogP contribution in [0.4, 0.5) is 5.69 Å². The number of carbonyl (C=O) groups excluding carboxylic acids is 1. The first-order valence-corrected chi connectivity index (χ1v) is 8.55. The molecule has 0 aliphatic rings. The van der Waals surface area contributed by atoms with E-state index in [1.807, 2.05) is 42.8 Å². The number of benzene rings is 1. The van der Waals surface area contributed by atoms with Gasteiger partial charge in [-0.1, -0.05) is 37.7 Å². The Bertz CT molecular complexity index is 670. The first kappa shape index (κ1) is 17.3. The van der Waals surface area contributed by atoms with Gasteiger partial charge < -0.3 is 14.6 Å². The zero-order valence-electron chi connectivity index (χ0n) is 13.9. The van der Waals surface area contributed by atoms with Gasteiger partial charge >= 0.3 is 0 Å². The van der Waals surface area contributed by atoms with E-state index in [1.165, 1.54) is 11.8 Å². The smallest absolute Gasteiger partial charge is 0.234 e. The minimum atomic E-state index is -0.101. The van der Waals surface area contributed by atoms with Crippen molar-refractivity contribution in [1.82, 2.24) is 14.8 Å². The molecule has 1 heterocycles. The van der Waals surface area contributed by atoms with Gasteiger partial charge in [0.1, 0.15) is 11.6 Å². The zero-order valence-corrected chi connectivity index (χ0v) is 14.7. The Balaban J connectivity index is 1.96. The number of hydrogen-bond acceptors (Lipinski definition) is 5. The summed E-state index contributed by atoms with van der Waals surface area (Å²) in [6.07, 6.45) is 0. The summed E-state index contributed by atoms with van der Waals surface area (Å²) in [4.78, 5) is 12.1. The molecule has 23 heavy (non-hydrogen) atoms. The van der Waals surface area contributed by atoms with Crippen LogP contribution in [0.5, 0.6) is 5.75 Å². The fourth-order valence-corrected chi connectivity index (χ4v) is 2.84. The summed E-state index contributed by atoms with van der Waals surface area (Å²) in [7, 11) is 1.92. The van der Waals surface area contributed by atoms with Crippen LogP contribution in [0.3, 0.4) is 0 Å². The summed E-state index contributed by atoms with van der Waals surface area (Å²) in [5.74, 6) is 2.05. The molecule has 2 rings (SSSR count). The molecule has 0 aliphatic heterocycles. The molecule has 124 valence electrons. The quantitative estimate of drug-likeness (QED) is 0.788. The molecule has 1 aromatic carbocycles. The average molecular weight is 334 g/mol. The highest BCUT2D eigenvalue weighted by molar-refractivity contribution is 7.99. The summed E-state index contributed by atoms with van der Waals surface area (Å²) in [5.41, 5.74) is 0.681. The van der Waals surface area contributed by atoms with Gasteiger partial charge in [0.2, 0.25) is 5.91 Å². The van der Waals surface area contributed by atoms with Crippen molar-refractivity contribution in [2.75, 3.05) is 17.7 Å². The topological polar surface area (TPSA) is 69.0 Å². The van der Waals surface area contributed by atoms with Gasteiger partial charge in [-0.05, 0) is 19.1 Å². The van der Waals surface area contributed by atoms with E-state index in [9.17, 15) is 4.79 Å². The van der Waals surface area contributed by atoms with Crippen molar-refractivity contribution in [2.24, 2.45) is 7.05 Å². The number of anilines is 1. The third-order valence-corrected chi connectivity index (χ3v) is 4.20. The summed E-state index contributed by atoms with van der Waals surface area (Å²) >= 11 is 1.37. The number of amides is 1. The summed E-state index contributed by atoms with van der Waals surface area (Å²) in [6.45, 7) is 6.60. The van der Waals surface area contributed by atoms with Gasteiger partial charge in [-0.3, -0.25) is 4.79 Å². The minimum Gasteiger partial charge on any atom is -0.492 e. The Kier molecular flexibility index (Phi) is 6.04. The van der Waals surface area contributed by atoms with E-state index in [2.05, 4.69) is 29.4 Å². The van der Waals surface area contributed by atoms with Gasteiger partial charge in [0, 0.05) is 13.0 Å². The predicted octanol–water partition coefficient (Wildman–Crippen LogP) is 3.07. The Hall–Kier alpha value is -2.02. The SMILES string of the molecule is CCOc1ccccc1NC(=O)CSc1nnc(C(C)C)n1C. The second-order valence-electron chi connectivity index (χ2n) is 5.32. The summed E-state index contributed by atoms with van der Waals surface area (Å²) in [6, 6.07) is 7.40. The highest BCUT2D eigenvalue weighted by Crippen LogP contribution is 2.24. The van der Waals surface area contributed by atoms with Crippen molar-refractivity contribution in [3.63, 3.8) is 0 Å². The van der Waals surface area contributed by atoms with Crippen LogP contribution in [-0.4, -0.2) is 33.0 Å². The Morgan fingerprint density at radius 3 is 2.74 bits per heavy atom. The van der Waals surface area contributed by atoms with Crippen LogP contribution in [-0.2, 0) is 11.8 Å².